The zero-order valence-corrected chi connectivity index (χ0v) is 8.38. The van der Waals surface area contributed by atoms with Crippen molar-refractivity contribution in [2.45, 2.75) is 19.9 Å². The Morgan fingerprint density at radius 3 is 3.00 bits per heavy atom. The van der Waals surface area contributed by atoms with E-state index in [0.29, 0.717) is 18.7 Å². The van der Waals surface area contributed by atoms with Crippen LogP contribution in [0.5, 0.6) is 5.75 Å². The summed E-state index contributed by atoms with van der Waals surface area (Å²) in [6, 6.07) is 5.73. The summed E-state index contributed by atoms with van der Waals surface area (Å²) in [4.78, 5) is 0. The monoisotopic (exact) mass is 189 g/mol. The van der Waals surface area contributed by atoms with Gasteiger partial charge in [0.15, 0.2) is 0 Å². The molecule has 0 atom stereocenters. The summed E-state index contributed by atoms with van der Waals surface area (Å²) in [6.45, 7) is 3.33. The first-order chi connectivity index (χ1) is 6.75. The molecular weight excluding hydrogens is 174 g/mol. The van der Waals surface area contributed by atoms with Crippen LogP contribution in [0.2, 0.25) is 0 Å². The molecule has 0 unspecified atom stereocenters. The molecule has 0 aromatic heterocycles. The molecule has 0 radical (unpaired) electrons. The van der Waals surface area contributed by atoms with Gasteiger partial charge >= 0.3 is 0 Å². The first-order valence-corrected chi connectivity index (χ1v) is 4.67. The highest BCUT2D eigenvalue weighted by Gasteiger charge is 2.01. The average molecular weight is 189 g/mol. The van der Waals surface area contributed by atoms with Crippen LogP contribution in [0.25, 0.3) is 0 Å². The number of para-hydroxylation sites is 1. The van der Waals surface area contributed by atoms with Crippen molar-refractivity contribution in [3.05, 3.63) is 29.3 Å². The van der Waals surface area contributed by atoms with E-state index in [1.807, 2.05) is 25.1 Å². The predicted molar refractivity (Wildman–Crippen MR) is 58.0 cm³/mol. The van der Waals surface area contributed by atoms with Crippen molar-refractivity contribution in [3.8, 4) is 18.1 Å². The van der Waals surface area contributed by atoms with Crippen molar-refractivity contribution in [2.24, 2.45) is 0 Å². The van der Waals surface area contributed by atoms with E-state index in [0.717, 1.165) is 17.7 Å². The van der Waals surface area contributed by atoms with Crippen LogP contribution in [0, 0.1) is 19.3 Å². The lowest BCUT2D eigenvalue weighted by atomic mass is 10.1. The third-order valence-corrected chi connectivity index (χ3v) is 2.08. The molecule has 2 nitrogen and oxygen atoms in total. The van der Waals surface area contributed by atoms with Crippen LogP contribution >= 0.6 is 0 Å². The van der Waals surface area contributed by atoms with E-state index < -0.39 is 0 Å². The van der Waals surface area contributed by atoms with E-state index in [9.17, 15) is 5.11 Å². The van der Waals surface area contributed by atoms with Gasteiger partial charge < -0.3 is 10.4 Å². The zero-order chi connectivity index (χ0) is 10.4. The van der Waals surface area contributed by atoms with Gasteiger partial charge in [-0.25, -0.2) is 0 Å². The van der Waals surface area contributed by atoms with Crippen molar-refractivity contribution in [2.75, 3.05) is 6.54 Å². The Kier molecular flexibility index (Phi) is 4.03. The number of aromatic hydroxyl groups is 1. The molecule has 0 aliphatic heterocycles. The fourth-order valence-corrected chi connectivity index (χ4v) is 1.25. The van der Waals surface area contributed by atoms with Gasteiger partial charge in [-0.1, -0.05) is 18.2 Å². The molecule has 0 fully saturated rings. The van der Waals surface area contributed by atoms with E-state index in [4.69, 9.17) is 6.42 Å². The van der Waals surface area contributed by atoms with E-state index in [1.165, 1.54) is 0 Å². The van der Waals surface area contributed by atoms with Gasteiger partial charge in [-0.15, -0.1) is 12.3 Å². The lowest BCUT2D eigenvalue weighted by molar-refractivity contribution is 0.460. The molecule has 0 saturated heterocycles. The average Bonchev–Trinajstić information content (AvgIpc) is 2.19. The van der Waals surface area contributed by atoms with Crippen molar-refractivity contribution in [1.82, 2.24) is 5.32 Å². The van der Waals surface area contributed by atoms with Gasteiger partial charge in [-0.2, -0.15) is 0 Å². The first-order valence-electron chi connectivity index (χ1n) is 4.67. The number of hydrogen-bond acceptors (Lipinski definition) is 2. The lowest BCUT2D eigenvalue weighted by Gasteiger charge is -2.07. The number of benzene rings is 1. The fraction of sp³-hybridized carbons (Fsp3) is 0.333. The van der Waals surface area contributed by atoms with E-state index in [1.54, 1.807) is 0 Å². The van der Waals surface area contributed by atoms with Gasteiger partial charge in [0.05, 0.1) is 0 Å². The van der Waals surface area contributed by atoms with Gasteiger partial charge in [0, 0.05) is 25.1 Å². The van der Waals surface area contributed by atoms with Crippen molar-refractivity contribution in [1.29, 1.82) is 0 Å². The van der Waals surface area contributed by atoms with E-state index in [-0.39, 0.29) is 0 Å². The number of terminal acetylenes is 1. The second-order valence-electron chi connectivity index (χ2n) is 3.21. The van der Waals surface area contributed by atoms with Crippen LogP contribution in [0.4, 0.5) is 0 Å². The first kappa shape index (κ1) is 10.6. The minimum absolute atomic E-state index is 0.376. The molecule has 1 aromatic carbocycles. The largest absolute Gasteiger partial charge is 0.507 e. The Hall–Kier alpha value is -1.46. The Morgan fingerprint density at radius 2 is 2.29 bits per heavy atom. The molecule has 0 bridgehead atoms. The third kappa shape index (κ3) is 2.79. The van der Waals surface area contributed by atoms with Gasteiger partial charge in [-0.05, 0) is 12.5 Å². The Balaban J connectivity index is 2.51. The molecule has 2 heteroatoms. The molecule has 0 amide bonds. The van der Waals surface area contributed by atoms with Gasteiger partial charge in [0.1, 0.15) is 5.75 Å². The summed E-state index contributed by atoms with van der Waals surface area (Å²) in [6.07, 6.45) is 5.84. The Labute approximate surface area is 85.0 Å². The highest BCUT2D eigenvalue weighted by molar-refractivity contribution is 5.39. The number of rotatable bonds is 4. The third-order valence-electron chi connectivity index (χ3n) is 2.08. The smallest absolute Gasteiger partial charge is 0.122 e. The normalized spacial score (nSPS) is 9.71. The van der Waals surface area contributed by atoms with Crippen LogP contribution in [-0.2, 0) is 6.54 Å². The van der Waals surface area contributed by atoms with Crippen molar-refractivity contribution in [3.63, 3.8) is 0 Å². The van der Waals surface area contributed by atoms with Crippen LogP contribution < -0.4 is 5.32 Å². The van der Waals surface area contributed by atoms with Crippen LogP contribution in [0.1, 0.15) is 17.5 Å². The molecule has 1 rings (SSSR count). The standard InChI is InChI=1S/C12H15NO/c1-3-4-8-13-9-11-7-5-6-10(2)12(11)14/h1,5-7,13-14H,4,8-9H2,2H3. The lowest BCUT2D eigenvalue weighted by Crippen LogP contribution is -2.14. The summed E-state index contributed by atoms with van der Waals surface area (Å²) < 4.78 is 0. The topological polar surface area (TPSA) is 32.3 Å². The molecule has 0 spiro atoms. The highest BCUT2D eigenvalue weighted by Crippen LogP contribution is 2.20. The Morgan fingerprint density at radius 1 is 1.50 bits per heavy atom. The quantitative estimate of drug-likeness (QED) is 0.559. The minimum Gasteiger partial charge on any atom is -0.507 e. The van der Waals surface area contributed by atoms with E-state index in [2.05, 4.69) is 11.2 Å². The number of nitrogens with one attached hydrogen (secondary N) is 1. The molecule has 1 aromatic rings. The molecule has 0 heterocycles. The second-order valence-corrected chi connectivity index (χ2v) is 3.21. The molecule has 74 valence electrons. The maximum absolute atomic E-state index is 9.67. The minimum atomic E-state index is 0.376. The van der Waals surface area contributed by atoms with Gasteiger partial charge in [0.25, 0.3) is 0 Å². The van der Waals surface area contributed by atoms with Crippen LogP contribution in [0.3, 0.4) is 0 Å². The summed E-state index contributed by atoms with van der Waals surface area (Å²) in [5.41, 5.74) is 1.82. The zero-order valence-electron chi connectivity index (χ0n) is 8.38. The Bertz CT molecular complexity index is 339. The summed E-state index contributed by atoms with van der Waals surface area (Å²) in [5, 5.41) is 12.8. The summed E-state index contributed by atoms with van der Waals surface area (Å²) in [5.74, 6) is 2.93. The molecule has 0 aliphatic rings. The number of hydrogen-bond donors (Lipinski definition) is 2. The van der Waals surface area contributed by atoms with Crippen LogP contribution in [-0.4, -0.2) is 11.7 Å². The molecule has 0 saturated carbocycles. The maximum atomic E-state index is 9.67. The summed E-state index contributed by atoms with van der Waals surface area (Å²) >= 11 is 0. The number of aryl methyl sites for hydroxylation is 1. The number of phenols is 1. The molecule has 0 aliphatic carbocycles. The molecule has 14 heavy (non-hydrogen) atoms. The highest BCUT2D eigenvalue weighted by atomic mass is 16.3. The van der Waals surface area contributed by atoms with Gasteiger partial charge in [0.2, 0.25) is 0 Å². The SMILES string of the molecule is C#CCCNCc1cccc(C)c1O. The fourth-order valence-electron chi connectivity index (χ4n) is 1.25. The molecule has 2 N–H and O–H groups in total. The van der Waals surface area contributed by atoms with E-state index >= 15 is 0 Å². The van der Waals surface area contributed by atoms with Gasteiger partial charge in [-0.3, -0.25) is 0 Å². The number of phenolic OH excluding ortho intramolecular Hbond substituents is 1. The maximum Gasteiger partial charge on any atom is 0.122 e. The van der Waals surface area contributed by atoms with Crippen molar-refractivity contribution >= 4 is 0 Å². The van der Waals surface area contributed by atoms with Crippen molar-refractivity contribution < 1.29 is 5.11 Å². The predicted octanol–water partition coefficient (Wildman–Crippen LogP) is 1.81. The second kappa shape index (κ2) is 5.31. The van der Waals surface area contributed by atoms with Crippen LogP contribution in [0.15, 0.2) is 18.2 Å². The molecular formula is C12H15NO. The summed E-state index contributed by atoms with van der Waals surface area (Å²) in [7, 11) is 0.